The number of nitrogens with one attached hydrogen (secondary N) is 1. The van der Waals surface area contributed by atoms with Gasteiger partial charge < -0.3 is 4.98 Å². The number of carbonyl (C=O) groups excluding carboxylic acids is 2. The van der Waals surface area contributed by atoms with Gasteiger partial charge in [-0.1, -0.05) is 42.8 Å². The summed E-state index contributed by atoms with van der Waals surface area (Å²) in [7, 11) is 0. The predicted octanol–water partition coefficient (Wildman–Crippen LogP) is 5.62. The first kappa shape index (κ1) is 18.1. The van der Waals surface area contributed by atoms with E-state index >= 15 is 0 Å². The number of carbonyl (C=O) groups is 2. The molecule has 0 unspecified atom stereocenters. The number of hydrogen-bond donors (Lipinski definition) is 1. The number of rotatable bonds is 2. The molecule has 1 aromatic heterocycles. The number of Topliss-reactive ketones (excluding diaryl/α,β-unsaturated/α-hetero) is 2. The zero-order valence-electron chi connectivity index (χ0n) is 15.2. The van der Waals surface area contributed by atoms with Crippen LogP contribution in [0.4, 0.5) is 0 Å². The van der Waals surface area contributed by atoms with Crippen LogP contribution in [0, 0.1) is 12.3 Å². The Hall–Kier alpha value is -1.68. The van der Waals surface area contributed by atoms with Crippen molar-refractivity contribution in [1.82, 2.24) is 4.98 Å². The first-order valence-corrected chi connectivity index (χ1v) is 9.49. The van der Waals surface area contributed by atoms with Crippen molar-refractivity contribution in [1.29, 1.82) is 0 Å². The van der Waals surface area contributed by atoms with E-state index in [1.807, 2.05) is 24.4 Å². The normalized spacial score (nSPS) is 18.9. The van der Waals surface area contributed by atoms with Crippen LogP contribution < -0.4 is 0 Å². The molecule has 4 heteroatoms. The highest BCUT2D eigenvalue weighted by Gasteiger charge is 2.33. The van der Waals surface area contributed by atoms with Gasteiger partial charge in [-0.25, -0.2) is 0 Å². The topological polar surface area (TPSA) is 49.9 Å². The fraction of sp³-hybridized carbons (Fsp3) is 0.429. The molecule has 1 fully saturated rings. The van der Waals surface area contributed by atoms with Gasteiger partial charge in [-0.15, -0.1) is 0 Å². The molecule has 25 heavy (non-hydrogen) atoms. The molecule has 0 amide bonds. The van der Waals surface area contributed by atoms with Gasteiger partial charge in [0.15, 0.2) is 11.6 Å². The van der Waals surface area contributed by atoms with E-state index in [9.17, 15) is 9.59 Å². The summed E-state index contributed by atoms with van der Waals surface area (Å²) in [6, 6.07) is 4.02. The predicted molar refractivity (Wildman–Crippen MR) is 105 cm³/mol. The molecule has 0 aliphatic heterocycles. The Kier molecular flexibility index (Phi) is 4.76. The SMILES string of the molecule is Cc1c[nH]c2ccc(Br)c(C3CC(=O)C(=CCC(C)(C)C)C(=O)C3)c12. The van der Waals surface area contributed by atoms with Crippen LogP contribution in [0.2, 0.25) is 0 Å². The van der Waals surface area contributed by atoms with Crippen molar-refractivity contribution in [3.63, 3.8) is 0 Å². The Labute approximate surface area is 157 Å². The number of benzene rings is 1. The Morgan fingerprint density at radius 3 is 2.44 bits per heavy atom. The third kappa shape index (κ3) is 3.64. The maximum atomic E-state index is 12.7. The zero-order valence-corrected chi connectivity index (χ0v) is 16.8. The zero-order chi connectivity index (χ0) is 18.4. The second kappa shape index (κ2) is 6.56. The molecule has 0 bridgehead atoms. The molecule has 0 atom stereocenters. The van der Waals surface area contributed by atoms with Crippen LogP contribution >= 0.6 is 15.9 Å². The highest BCUT2D eigenvalue weighted by molar-refractivity contribution is 9.10. The Balaban J connectivity index is 1.96. The largest absolute Gasteiger partial charge is 0.361 e. The highest BCUT2D eigenvalue weighted by atomic mass is 79.9. The molecule has 3 rings (SSSR count). The fourth-order valence-corrected chi connectivity index (χ4v) is 4.19. The van der Waals surface area contributed by atoms with E-state index in [1.54, 1.807) is 0 Å². The average Bonchev–Trinajstić information content (AvgIpc) is 2.86. The maximum Gasteiger partial charge on any atom is 0.166 e. The lowest BCUT2D eigenvalue weighted by Crippen LogP contribution is -2.25. The number of halogens is 1. The third-order valence-corrected chi connectivity index (χ3v) is 5.51. The quantitative estimate of drug-likeness (QED) is 0.524. The Morgan fingerprint density at radius 2 is 1.84 bits per heavy atom. The second-order valence-electron chi connectivity index (χ2n) is 8.19. The van der Waals surface area contributed by atoms with Gasteiger partial charge in [-0.2, -0.15) is 0 Å². The summed E-state index contributed by atoms with van der Waals surface area (Å²) in [6.45, 7) is 8.38. The van der Waals surface area contributed by atoms with Crippen LogP contribution in [-0.4, -0.2) is 16.6 Å². The van der Waals surface area contributed by atoms with Crippen LogP contribution in [0.15, 0.2) is 34.5 Å². The summed E-state index contributed by atoms with van der Waals surface area (Å²) in [5.41, 5.74) is 3.74. The number of ketones is 2. The smallest absolute Gasteiger partial charge is 0.166 e. The van der Waals surface area contributed by atoms with Gasteiger partial charge in [-0.05, 0) is 42.0 Å². The molecule has 2 aromatic rings. The van der Waals surface area contributed by atoms with Crippen molar-refractivity contribution >= 4 is 38.4 Å². The van der Waals surface area contributed by atoms with Gasteiger partial charge in [0.2, 0.25) is 0 Å². The fourth-order valence-electron chi connectivity index (χ4n) is 3.53. The molecule has 132 valence electrons. The minimum absolute atomic E-state index is 0.0254. The van der Waals surface area contributed by atoms with E-state index in [2.05, 4.69) is 48.6 Å². The first-order valence-electron chi connectivity index (χ1n) is 8.70. The van der Waals surface area contributed by atoms with Gasteiger partial charge in [0.25, 0.3) is 0 Å². The molecule has 1 N–H and O–H groups in total. The van der Waals surface area contributed by atoms with Crippen molar-refractivity contribution in [3.8, 4) is 0 Å². The second-order valence-corrected chi connectivity index (χ2v) is 9.04. The third-order valence-electron chi connectivity index (χ3n) is 4.82. The van der Waals surface area contributed by atoms with Crippen LogP contribution in [0.3, 0.4) is 0 Å². The van der Waals surface area contributed by atoms with Crippen molar-refractivity contribution in [2.75, 3.05) is 0 Å². The standard InChI is InChI=1S/C21H24BrNO2/c1-12-11-23-16-6-5-15(22)20(19(12)16)13-9-17(24)14(18(25)10-13)7-8-21(2,3)4/h5-7,11,13,23H,8-10H2,1-4H3. The van der Waals surface area contributed by atoms with E-state index < -0.39 is 0 Å². The molecule has 1 aromatic carbocycles. The molecule has 1 heterocycles. The molecule has 0 saturated heterocycles. The van der Waals surface area contributed by atoms with Gasteiger partial charge in [-0.3, -0.25) is 9.59 Å². The van der Waals surface area contributed by atoms with Crippen LogP contribution in [0.5, 0.6) is 0 Å². The van der Waals surface area contributed by atoms with Gasteiger partial charge in [0, 0.05) is 40.3 Å². The molecule has 0 spiro atoms. The van der Waals surface area contributed by atoms with E-state index in [-0.39, 0.29) is 22.9 Å². The lowest BCUT2D eigenvalue weighted by atomic mass is 9.77. The van der Waals surface area contributed by atoms with Crippen molar-refractivity contribution in [2.24, 2.45) is 5.41 Å². The van der Waals surface area contributed by atoms with Crippen molar-refractivity contribution in [3.05, 3.63) is 45.6 Å². The van der Waals surface area contributed by atoms with E-state index in [1.165, 1.54) is 0 Å². The number of aryl methyl sites for hydroxylation is 1. The van der Waals surface area contributed by atoms with Gasteiger partial charge in [0.1, 0.15) is 0 Å². The van der Waals surface area contributed by atoms with Gasteiger partial charge >= 0.3 is 0 Å². The molecule has 1 aliphatic rings. The summed E-state index contributed by atoms with van der Waals surface area (Å²) >= 11 is 3.63. The minimum atomic E-state index is -0.0700. The molecule has 1 aliphatic carbocycles. The first-order chi connectivity index (χ1) is 11.7. The highest BCUT2D eigenvalue weighted by Crippen LogP contribution is 2.41. The summed E-state index contributed by atoms with van der Waals surface area (Å²) in [4.78, 5) is 28.6. The maximum absolute atomic E-state index is 12.7. The molecule has 1 saturated carbocycles. The monoisotopic (exact) mass is 401 g/mol. The summed E-state index contributed by atoms with van der Waals surface area (Å²) in [5, 5.41) is 1.13. The van der Waals surface area contributed by atoms with Crippen molar-refractivity contribution < 1.29 is 9.59 Å². The Morgan fingerprint density at radius 1 is 1.20 bits per heavy atom. The lowest BCUT2D eigenvalue weighted by molar-refractivity contribution is -0.124. The average molecular weight is 402 g/mol. The number of allylic oxidation sites excluding steroid dienone is 2. The number of aromatic amines is 1. The van der Waals surface area contributed by atoms with Gasteiger partial charge in [0.05, 0.1) is 5.57 Å². The number of H-pyrrole nitrogens is 1. The lowest BCUT2D eigenvalue weighted by Gasteiger charge is -2.25. The van der Waals surface area contributed by atoms with E-state index in [4.69, 9.17) is 0 Å². The van der Waals surface area contributed by atoms with Crippen LogP contribution in [-0.2, 0) is 9.59 Å². The van der Waals surface area contributed by atoms with Crippen LogP contribution in [0.25, 0.3) is 10.9 Å². The number of fused-ring (bicyclic) bond motifs is 1. The van der Waals surface area contributed by atoms with Crippen molar-refractivity contribution in [2.45, 2.75) is 52.9 Å². The number of aromatic nitrogens is 1. The molecular weight excluding hydrogens is 378 g/mol. The molecule has 0 radical (unpaired) electrons. The molecular formula is C21H24BrNO2. The minimum Gasteiger partial charge on any atom is -0.361 e. The van der Waals surface area contributed by atoms with E-state index in [0.29, 0.717) is 18.4 Å². The number of hydrogen-bond acceptors (Lipinski definition) is 2. The van der Waals surface area contributed by atoms with Crippen LogP contribution in [0.1, 0.15) is 57.1 Å². The summed E-state index contributed by atoms with van der Waals surface area (Å²) in [6.07, 6.45) is 5.34. The van der Waals surface area contributed by atoms with E-state index in [0.717, 1.165) is 32.9 Å². The Bertz CT molecular complexity index is 863. The summed E-state index contributed by atoms with van der Waals surface area (Å²) < 4.78 is 0.968. The molecule has 3 nitrogen and oxygen atoms in total. The summed E-state index contributed by atoms with van der Waals surface area (Å²) in [5.74, 6) is -0.121.